The number of nitrogens with one attached hydrogen (secondary N) is 1. The van der Waals surface area contributed by atoms with Crippen LogP contribution in [0.15, 0.2) is 45.9 Å². The van der Waals surface area contributed by atoms with Gasteiger partial charge in [0.25, 0.3) is 0 Å². The Bertz CT molecular complexity index is 1170. The molecule has 10 heteroatoms. The number of aromatic nitrogens is 2. The second kappa shape index (κ2) is 11.3. The van der Waals surface area contributed by atoms with Crippen molar-refractivity contribution < 1.29 is 28.5 Å². The molecule has 0 aliphatic carbocycles. The van der Waals surface area contributed by atoms with Gasteiger partial charge in [-0.05, 0) is 25.5 Å². The summed E-state index contributed by atoms with van der Waals surface area (Å²) in [5.74, 6) is -0.153. The van der Waals surface area contributed by atoms with Crippen LogP contribution >= 0.6 is 0 Å². The van der Waals surface area contributed by atoms with E-state index in [0.29, 0.717) is 36.6 Å². The van der Waals surface area contributed by atoms with Crippen LogP contribution in [0.2, 0.25) is 0 Å². The van der Waals surface area contributed by atoms with Gasteiger partial charge in [-0.1, -0.05) is 6.07 Å². The van der Waals surface area contributed by atoms with Gasteiger partial charge >= 0.3 is 5.63 Å². The van der Waals surface area contributed by atoms with Crippen molar-refractivity contribution in [3.8, 4) is 23.0 Å². The summed E-state index contributed by atoms with van der Waals surface area (Å²) in [5, 5.41) is 17.6. The molecule has 0 spiro atoms. The van der Waals surface area contributed by atoms with Crippen LogP contribution in [0.1, 0.15) is 35.6 Å². The van der Waals surface area contributed by atoms with Gasteiger partial charge in [-0.2, -0.15) is 5.10 Å². The SMILES string of the molecule is COc1ccc(C(CC(=O)NCCCn2cccn2)c2c(O)cc(C)oc2=O)c(OC)c1OC. The average molecular weight is 472 g/mol. The lowest BCUT2D eigenvalue weighted by molar-refractivity contribution is -0.121. The fraction of sp³-hybridized carbons (Fsp3) is 0.375. The number of rotatable bonds is 11. The maximum atomic E-state index is 12.9. The van der Waals surface area contributed by atoms with Crippen LogP contribution in [0.25, 0.3) is 0 Å². The van der Waals surface area contributed by atoms with Crippen molar-refractivity contribution in [3.05, 3.63) is 64.0 Å². The van der Waals surface area contributed by atoms with E-state index < -0.39 is 11.5 Å². The molecule has 0 radical (unpaired) electrons. The summed E-state index contributed by atoms with van der Waals surface area (Å²) in [5.41, 5.74) is -0.299. The monoisotopic (exact) mass is 471 g/mol. The van der Waals surface area contributed by atoms with E-state index in [1.165, 1.54) is 27.4 Å². The zero-order chi connectivity index (χ0) is 24.7. The molecule has 0 saturated carbocycles. The van der Waals surface area contributed by atoms with Gasteiger partial charge in [-0.15, -0.1) is 0 Å². The maximum Gasteiger partial charge on any atom is 0.343 e. The number of hydrogen-bond acceptors (Lipinski definition) is 8. The highest BCUT2D eigenvalue weighted by atomic mass is 16.5. The normalized spacial score (nSPS) is 11.6. The van der Waals surface area contributed by atoms with Crippen LogP contribution in [0, 0.1) is 6.92 Å². The van der Waals surface area contributed by atoms with E-state index >= 15 is 0 Å². The summed E-state index contributed by atoms with van der Waals surface area (Å²) in [4.78, 5) is 25.6. The first-order valence-corrected chi connectivity index (χ1v) is 10.8. The maximum absolute atomic E-state index is 12.9. The highest BCUT2D eigenvalue weighted by molar-refractivity contribution is 5.78. The molecule has 10 nitrogen and oxygen atoms in total. The first-order chi connectivity index (χ1) is 16.4. The third-order valence-corrected chi connectivity index (χ3v) is 5.38. The van der Waals surface area contributed by atoms with Crippen molar-refractivity contribution in [1.82, 2.24) is 15.1 Å². The molecule has 2 aromatic heterocycles. The zero-order valence-corrected chi connectivity index (χ0v) is 19.7. The second-order valence-electron chi connectivity index (χ2n) is 7.60. The van der Waals surface area contributed by atoms with Gasteiger partial charge in [0.2, 0.25) is 11.7 Å². The summed E-state index contributed by atoms with van der Waals surface area (Å²) >= 11 is 0. The predicted octanol–water partition coefficient (Wildman–Crippen LogP) is 2.60. The number of aromatic hydroxyl groups is 1. The fourth-order valence-corrected chi connectivity index (χ4v) is 3.85. The van der Waals surface area contributed by atoms with Crippen molar-refractivity contribution in [2.75, 3.05) is 27.9 Å². The number of ether oxygens (including phenoxy) is 3. The van der Waals surface area contributed by atoms with Crippen molar-refractivity contribution in [1.29, 1.82) is 0 Å². The first-order valence-electron chi connectivity index (χ1n) is 10.8. The minimum atomic E-state index is -0.863. The first kappa shape index (κ1) is 24.7. The van der Waals surface area contributed by atoms with Gasteiger partial charge in [0.05, 0.1) is 26.9 Å². The number of methoxy groups -OCH3 is 3. The zero-order valence-electron chi connectivity index (χ0n) is 19.7. The summed E-state index contributed by atoms with van der Waals surface area (Å²) in [7, 11) is 4.40. The molecule has 0 saturated heterocycles. The molecule has 2 N–H and O–H groups in total. The molecule has 0 aliphatic rings. The lowest BCUT2D eigenvalue weighted by Crippen LogP contribution is -2.28. The number of nitrogens with zero attached hydrogens (tertiary/aromatic N) is 2. The molecule has 1 aromatic carbocycles. The molecule has 3 rings (SSSR count). The number of amides is 1. The van der Waals surface area contributed by atoms with E-state index in [9.17, 15) is 14.7 Å². The average Bonchev–Trinajstić information content (AvgIpc) is 3.33. The topological polar surface area (TPSA) is 125 Å². The van der Waals surface area contributed by atoms with Gasteiger partial charge in [0.15, 0.2) is 11.5 Å². The molecular formula is C24H29N3O7. The van der Waals surface area contributed by atoms with Gasteiger partial charge in [0, 0.05) is 49.5 Å². The van der Waals surface area contributed by atoms with E-state index in [2.05, 4.69) is 10.4 Å². The summed E-state index contributed by atoms with van der Waals surface area (Å²) in [6.45, 7) is 2.63. The number of benzene rings is 1. The summed E-state index contributed by atoms with van der Waals surface area (Å²) in [6.07, 6.45) is 4.09. The van der Waals surface area contributed by atoms with Crippen LogP contribution in [0.5, 0.6) is 23.0 Å². The second-order valence-corrected chi connectivity index (χ2v) is 7.60. The molecule has 0 aliphatic heterocycles. The standard InChI is InChI=1S/C24H29N3O7/c1-15-13-18(28)21(24(30)34-15)17(14-20(29)25-9-5-11-27-12-6-10-26-27)16-7-8-19(31-2)23(33-4)22(16)32-3/h6-8,10,12-13,17,28H,5,9,11,14H2,1-4H3,(H,25,29). The van der Waals surface area contributed by atoms with Crippen LogP contribution < -0.4 is 25.2 Å². The minimum absolute atomic E-state index is 0.0391. The van der Waals surface area contributed by atoms with Crippen LogP contribution in [-0.4, -0.2) is 48.7 Å². The van der Waals surface area contributed by atoms with E-state index in [1.54, 1.807) is 29.9 Å². The van der Waals surface area contributed by atoms with Crippen LogP contribution in [0.4, 0.5) is 0 Å². The van der Waals surface area contributed by atoms with E-state index in [0.717, 1.165) is 0 Å². The highest BCUT2D eigenvalue weighted by Gasteiger charge is 2.30. The van der Waals surface area contributed by atoms with Crippen LogP contribution in [0.3, 0.4) is 0 Å². The lowest BCUT2D eigenvalue weighted by atomic mass is 9.87. The van der Waals surface area contributed by atoms with Crippen molar-refractivity contribution in [2.24, 2.45) is 0 Å². The van der Waals surface area contributed by atoms with Gasteiger partial charge < -0.3 is 29.1 Å². The van der Waals surface area contributed by atoms with Crippen molar-refractivity contribution in [3.63, 3.8) is 0 Å². The van der Waals surface area contributed by atoms with E-state index in [-0.39, 0.29) is 35.2 Å². The summed E-state index contributed by atoms with van der Waals surface area (Å²) in [6, 6.07) is 6.51. The Hall–Kier alpha value is -3.95. The Morgan fingerprint density at radius 3 is 2.59 bits per heavy atom. The Labute approximate surface area is 197 Å². The third-order valence-electron chi connectivity index (χ3n) is 5.38. The number of aryl methyl sites for hydroxylation is 2. The number of carbonyl (C=O) groups is 1. The highest BCUT2D eigenvalue weighted by Crippen LogP contribution is 2.45. The van der Waals surface area contributed by atoms with Crippen molar-refractivity contribution >= 4 is 5.91 Å². The molecule has 3 aromatic rings. The van der Waals surface area contributed by atoms with E-state index in [1.807, 2.05) is 12.3 Å². The van der Waals surface area contributed by atoms with Crippen LogP contribution in [-0.2, 0) is 11.3 Å². The number of carbonyl (C=O) groups excluding carboxylic acids is 1. The molecule has 1 amide bonds. The van der Waals surface area contributed by atoms with Crippen molar-refractivity contribution in [2.45, 2.75) is 32.2 Å². The molecule has 1 unspecified atom stereocenters. The minimum Gasteiger partial charge on any atom is -0.507 e. The summed E-state index contributed by atoms with van der Waals surface area (Å²) < 4.78 is 23.4. The van der Waals surface area contributed by atoms with Gasteiger partial charge in [0.1, 0.15) is 11.5 Å². The molecule has 34 heavy (non-hydrogen) atoms. The Morgan fingerprint density at radius 2 is 1.97 bits per heavy atom. The molecule has 2 heterocycles. The molecule has 182 valence electrons. The molecule has 0 bridgehead atoms. The Balaban J connectivity index is 1.93. The lowest BCUT2D eigenvalue weighted by Gasteiger charge is -2.22. The Morgan fingerprint density at radius 1 is 1.21 bits per heavy atom. The smallest absolute Gasteiger partial charge is 0.343 e. The quantitative estimate of drug-likeness (QED) is 0.409. The third kappa shape index (κ3) is 5.51. The van der Waals surface area contributed by atoms with Gasteiger partial charge in [-0.25, -0.2) is 4.79 Å². The predicted molar refractivity (Wildman–Crippen MR) is 124 cm³/mol. The number of hydrogen-bond donors (Lipinski definition) is 2. The largest absolute Gasteiger partial charge is 0.507 e. The fourth-order valence-electron chi connectivity index (χ4n) is 3.85. The van der Waals surface area contributed by atoms with Gasteiger partial charge in [-0.3, -0.25) is 9.48 Å². The molecule has 0 fully saturated rings. The molecule has 1 atom stereocenters. The van der Waals surface area contributed by atoms with E-state index in [4.69, 9.17) is 18.6 Å². The Kier molecular flexibility index (Phi) is 8.18. The molecular weight excluding hydrogens is 442 g/mol.